The summed E-state index contributed by atoms with van der Waals surface area (Å²) in [7, 11) is 0. The average Bonchev–Trinajstić information content (AvgIpc) is 2.84. The smallest absolute Gasteiger partial charge is 0.251 e. The van der Waals surface area contributed by atoms with Gasteiger partial charge >= 0.3 is 0 Å². The van der Waals surface area contributed by atoms with Crippen molar-refractivity contribution in [3.63, 3.8) is 0 Å². The Bertz CT molecular complexity index is 1060. The molecule has 1 aromatic heterocycles. The molecule has 2 aromatic carbocycles. The number of benzene rings is 2. The van der Waals surface area contributed by atoms with Crippen LogP contribution in [0.1, 0.15) is 36.5 Å². The fourth-order valence-corrected chi connectivity index (χ4v) is 3.98. The van der Waals surface area contributed by atoms with Gasteiger partial charge in [-0.3, -0.25) is 4.79 Å². The normalized spacial score (nSPS) is 14.7. The minimum absolute atomic E-state index is 0.0828. The number of carbonyl (C=O) groups excluding carboxylic acids is 1. The van der Waals surface area contributed by atoms with Crippen LogP contribution in [0.5, 0.6) is 0 Å². The molecule has 7 heteroatoms. The number of nitrogens with zero attached hydrogens (tertiary/aromatic N) is 3. The van der Waals surface area contributed by atoms with Gasteiger partial charge in [0.2, 0.25) is 0 Å². The first kappa shape index (κ1) is 22.9. The summed E-state index contributed by atoms with van der Waals surface area (Å²) in [4.78, 5) is 23.6. The van der Waals surface area contributed by atoms with Gasteiger partial charge in [0.15, 0.2) is 0 Å². The molecular weight excluding hydrogens is 417 g/mol. The third kappa shape index (κ3) is 6.58. The number of rotatable bonds is 8. The number of likely N-dealkylation sites (tertiary alicyclic amines) is 1. The molecule has 1 aliphatic rings. The van der Waals surface area contributed by atoms with Gasteiger partial charge in [0, 0.05) is 29.4 Å². The van der Waals surface area contributed by atoms with Gasteiger partial charge in [0.1, 0.15) is 18.0 Å². The summed E-state index contributed by atoms with van der Waals surface area (Å²) in [5, 5.41) is 6.25. The second-order valence-corrected chi connectivity index (χ2v) is 8.63. The number of carbonyl (C=O) groups is 1. The molecule has 0 saturated carbocycles. The first-order valence-corrected chi connectivity index (χ1v) is 11.5. The highest BCUT2D eigenvalue weighted by atomic mass is 19.1. The van der Waals surface area contributed by atoms with Crippen LogP contribution in [-0.2, 0) is 0 Å². The summed E-state index contributed by atoms with van der Waals surface area (Å²) in [5.41, 5.74) is 2.84. The Labute approximate surface area is 194 Å². The van der Waals surface area contributed by atoms with E-state index in [1.807, 2.05) is 12.1 Å². The Morgan fingerprint density at radius 3 is 2.67 bits per heavy atom. The fraction of sp³-hybridized carbons (Fsp3) is 0.346. The number of halogens is 1. The number of hydrogen-bond donors (Lipinski definition) is 2. The van der Waals surface area contributed by atoms with E-state index < -0.39 is 0 Å². The Balaban J connectivity index is 1.31. The van der Waals surface area contributed by atoms with Gasteiger partial charge in [0.05, 0.1) is 5.69 Å². The first-order chi connectivity index (χ1) is 16.1. The van der Waals surface area contributed by atoms with Crippen LogP contribution in [-0.4, -0.2) is 47.0 Å². The van der Waals surface area contributed by atoms with Crippen molar-refractivity contribution in [1.29, 1.82) is 0 Å². The van der Waals surface area contributed by atoms with E-state index in [1.54, 1.807) is 30.3 Å². The number of hydrogen-bond acceptors (Lipinski definition) is 5. The van der Waals surface area contributed by atoms with Crippen LogP contribution >= 0.6 is 0 Å². The molecule has 3 aromatic rings. The molecule has 2 N–H and O–H groups in total. The maximum absolute atomic E-state index is 13.2. The lowest BCUT2D eigenvalue weighted by Gasteiger charge is -2.30. The molecule has 0 spiro atoms. The molecule has 0 atom stereocenters. The molecule has 33 heavy (non-hydrogen) atoms. The lowest BCUT2D eigenvalue weighted by atomic mass is 9.99. The van der Waals surface area contributed by atoms with E-state index in [2.05, 4.69) is 32.4 Å². The zero-order chi connectivity index (χ0) is 23.0. The molecule has 1 amide bonds. The van der Waals surface area contributed by atoms with E-state index in [4.69, 9.17) is 0 Å². The van der Waals surface area contributed by atoms with Crippen molar-refractivity contribution in [2.45, 2.75) is 26.2 Å². The van der Waals surface area contributed by atoms with Crippen LogP contribution in [0.15, 0.2) is 60.9 Å². The minimum atomic E-state index is -0.289. The van der Waals surface area contributed by atoms with Crippen molar-refractivity contribution in [3.8, 4) is 11.3 Å². The second-order valence-electron chi connectivity index (χ2n) is 8.63. The Morgan fingerprint density at radius 1 is 1.09 bits per heavy atom. The van der Waals surface area contributed by atoms with Gasteiger partial charge in [-0.1, -0.05) is 13.0 Å². The van der Waals surface area contributed by atoms with Crippen LogP contribution in [0, 0.1) is 11.7 Å². The Kier molecular flexibility index (Phi) is 7.62. The Hall–Kier alpha value is -3.32. The molecule has 1 aliphatic heterocycles. The van der Waals surface area contributed by atoms with Crippen LogP contribution in [0.2, 0.25) is 0 Å². The number of nitrogens with one attached hydrogen (secondary N) is 2. The highest BCUT2D eigenvalue weighted by molar-refractivity contribution is 5.95. The molecule has 6 nitrogen and oxygen atoms in total. The summed E-state index contributed by atoms with van der Waals surface area (Å²) in [6.45, 7) is 6.33. The van der Waals surface area contributed by atoms with E-state index in [0.29, 0.717) is 23.6 Å². The van der Waals surface area contributed by atoms with E-state index in [-0.39, 0.29) is 11.7 Å². The molecule has 0 aliphatic carbocycles. The van der Waals surface area contributed by atoms with E-state index >= 15 is 0 Å². The minimum Gasteiger partial charge on any atom is -0.352 e. The molecule has 1 fully saturated rings. The van der Waals surface area contributed by atoms with Gasteiger partial charge < -0.3 is 15.5 Å². The highest BCUT2D eigenvalue weighted by Crippen LogP contribution is 2.22. The third-order valence-corrected chi connectivity index (χ3v) is 6.02. The number of aromatic nitrogens is 2. The summed E-state index contributed by atoms with van der Waals surface area (Å²) in [6, 6.07) is 15.3. The van der Waals surface area contributed by atoms with Crippen LogP contribution in [0.3, 0.4) is 0 Å². The molecular formula is C26H30FN5O. The van der Waals surface area contributed by atoms with Crippen LogP contribution in [0.25, 0.3) is 11.3 Å². The third-order valence-electron chi connectivity index (χ3n) is 6.02. The number of anilines is 2. The zero-order valence-electron chi connectivity index (χ0n) is 18.9. The number of piperidine rings is 1. The summed E-state index contributed by atoms with van der Waals surface area (Å²) >= 11 is 0. The second kappa shape index (κ2) is 11.0. The van der Waals surface area contributed by atoms with Crippen LogP contribution in [0.4, 0.5) is 15.9 Å². The largest absolute Gasteiger partial charge is 0.352 e. The first-order valence-electron chi connectivity index (χ1n) is 11.5. The van der Waals surface area contributed by atoms with Gasteiger partial charge in [0.25, 0.3) is 5.91 Å². The van der Waals surface area contributed by atoms with Gasteiger partial charge in [-0.05, 0) is 87.3 Å². The lowest BCUT2D eigenvalue weighted by molar-refractivity contribution is 0.0950. The van der Waals surface area contributed by atoms with E-state index in [1.165, 1.54) is 31.3 Å². The van der Waals surface area contributed by atoms with E-state index in [9.17, 15) is 9.18 Å². The highest BCUT2D eigenvalue weighted by Gasteiger charge is 2.15. The maximum Gasteiger partial charge on any atom is 0.251 e. The maximum atomic E-state index is 13.2. The van der Waals surface area contributed by atoms with Crippen molar-refractivity contribution < 1.29 is 9.18 Å². The molecule has 0 unspecified atom stereocenters. The van der Waals surface area contributed by atoms with Gasteiger partial charge in [-0.15, -0.1) is 0 Å². The summed E-state index contributed by atoms with van der Waals surface area (Å²) in [5.74, 6) is 1.06. The van der Waals surface area contributed by atoms with Crippen molar-refractivity contribution in [1.82, 2.24) is 20.2 Å². The molecule has 0 radical (unpaired) electrons. The zero-order valence-corrected chi connectivity index (χ0v) is 18.9. The predicted molar refractivity (Wildman–Crippen MR) is 129 cm³/mol. The topological polar surface area (TPSA) is 70.2 Å². The van der Waals surface area contributed by atoms with E-state index in [0.717, 1.165) is 43.2 Å². The van der Waals surface area contributed by atoms with Crippen LogP contribution < -0.4 is 10.6 Å². The summed E-state index contributed by atoms with van der Waals surface area (Å²) in [6.07, 6.45) is 4.94. The molecule has 2 heterocycles. The Morgan fingerprint density at radius 2 is 1.88 bits per heavy atom. The fourth-order valence-electron chi connectivity index (χ4n) is 3.98. The molecule has 172 valence electrons. The molecule has 4 rings (SSSR count). The van der Waals surface area contributed by atoms with Crippen molar-refractivity contribution in [3.05, 3.63) is 72.3 Å². The van der Waals surface area contributed by atoms with Crippen molar-refractivity contribution in [2.75, 3.05) is 31.5 Å². The number of amides is 1. The quantitative estimate of drug-likeness (QED) is 0.482. The lowest BCUT2D eigenvalue weighted by Crippen LogP contribution is -2.35. The average molecular weight is 448 g/mol. The monoisotopic (exact) mass is 447 g/mol. The molecule has 1 saturated heterocycles. The predicted octanol–water partition coefficient (Wildman–Crippen LogP) is 4.88. The SMILES string of the molecule is CC1CCN(CCCNC(=O)c2cccc(Nc3cc(-c4ccc(F)cc4)ncn3)c2)CC1. The molecule has 0 bridgehead atoms. The van der Waals surface area contributed by atoms with Gasteiger partial charge in [-0.25, -0.2) is 14.4 Å². The summed E-state index contributed by atoms with van der Waals surface area (Å²) < 4.78 is 13.2. The van der Waals surface area contributed by atoms with Crippen molar-refractivity contribution in [2.24, 2.45) is 5.92 Å². The standard InChI is InChI=1S/C26H30FN5O/c1-19-10-14-32(15-11-19)13-3-12-28-26(33)21-4-2-5-23(16-21)31-25-17-24(29-18-30-25)20-6-8-22(27)9-7-20/h2,4-9,16-19H,3,10-15H2,1H3,(H,28,33)(H,29,30,31). The van der Waals surface area contributed by atoms with Crippen molar-refractivity contribution >= 4 is 17.4 Å². The van der Waals surface area contributed by atoms with Gasteiger partial charge in [-0.2, -0.15) is 0 Å².